The molecule has 2 heterocycles. The van der Waals surface area contributed by atoms with Crippen LogP contribution in [0.3, 0.4) is 0 Å². The van der Waals surface area contributed by atoms with Crippen molar-refractivity contribution >= 4 is 23.3 Å². The number of hydrogen-bond acceptors (Lipinski definition) is 7. The molecule has 0 aliphatic rings. The van der Waals surface area contributed by atoms with Gasteiger partial charge in [-0.25, -0.2) is 19.6 Å². The number of nitrogens with zero attached hydrogens (tertiary/aromatic N) is 2. The van der Waals surface area contributed by atoms with Crippen LogP contribution in [0.25, 0.3) is 22.0 Å². The molecule has 0 aliphatic carbocycles. The van der Waals surface area contributed by atoms with Crippen LogP contribution in [0.1, 0.15) is 34.7 Å². The van der Waals surface area contributed by atoms with Crippen LogP contribution in [-0.4, -0.2) is 45.3 Å². The molecule has 8 nitrogen and oxygen atoms in total. The van der Waals surface area contributed by atoms with E-state index in [9.17, 15) is 19.8 Å². The number of thiazole rings is 1. The number of benzene rings is 1. The SMILES string of the molecule is CCOc1ccc(-c2nc(-c3cc(C(=O)O)cc(C(=O)O)n3)cs2)cc1OCC. The van der Waals surface area contributed by atoms with Gasteiger partial charge in [0, 0.05) is 10.9 Å². The molecule has 0 spiro atoms. The Labute approximate surface area is 170 Å². The van der Waals surface area contributed by atoms with E-state index < -0.39 is 11.9 Å². The summed E-state index contributed by atoms with van der Waals surface area (Å²) in [6.07, 6.45) is 0. The lowest BCUT2D eigenvalue weighted by Gasteiger charge is -2.11. The molecule has 0 unspecified atom stereocenters. The third kappa shape index (κ3) is 4.52. The van der Waals surface area contributed by atoms with Crippen LogP contribution in [0.15, 0.2) is 35.7 Å². The molecule has 0 bridgehead atoms. The van der Waals surface area contributed by atoms with Gasteiger partial charge in [-0.1, -0.05) is 0 Å². The summed E-state index contributed by atoms with van der Waals surface area (Å²) < 4.78 is 11.2. The molecule has 2 aromatic heterocycles. The number of hydrogen-bond donors (Lipinski definition) is 2. The number of pyridine rings is 1. The smallest absolute Gasteiger partial charge is 0.354 e. The van der Waals surface area contributed by atoms with Gasteiger partial charge in [-0.3, -0.25) is 0 Å². The average molecular weight is 414 g/mol. The molecule has 2 N–H and O–H groups in total. The number of ether oxygens (including phenoxy) is 2. The molecule has 3 rings (SSSR count). The Morgan fingerprint density at radius 1 is 0.931 bits per heavy atom. The van der Waals surface area contributed by atoms with Crippen LogP contribution in [0, 0.1) is 0 Å². The number of aromatic carboxylic acids is 2. The van der Waals surface area contributed by atoms with E-state index in [-0.39, 0.29) is 17.0 Å². The molecule has 0 amide bonds. The van der Waals surface area contributed by atoms with Crippen molar-refractivity contribution in [3.05, 3.63) is 47.0 Å². The fourth-order valence-corrected chi connectivity index (χ4v) is 3.41. The highest BCUT2D eigenvalue weighted by atomic mass is 32.1. The first kappa shape index (κ1) is 20.3. The summed E-state index contributed by atoms with van der Waals surface area (Å²) in [4.78, 5) is 31.1. The summed E-state index contributed by atoms with van der Waals surface area (Å²) in [7, 11) is 0. The lowest BCUT2D eigenvalue weighted by Crippen LogP contribution is -2.06. The van der Waals surface area contributed by atoms with Crippen LogP contribution in [-0.2, 0) is 0 Å². The molecule has 29 heavy (non-hydrogen) atoms. The minimum absolute atomic E-state index is 0.165. The zero-order valence-electron chi connectivity index (χ0n) is 15.7. The summed E-state index contributed by atoms with van der Waals surface area (Å²) >= 11 is 1.33. The van der Waals surface area contributed by atoms with Gasteiger partial charge in [-0.05, 0) is 44.2 Å². The lowest BCUT2D eigenvalue weighted by atomic mass is 10.1. The molecule has 1 aromatic carbocycles. The van der Waals surface area contributed by atoms with Crippen LogP contribution in [0.2, 0.25) is 0 Å². The monoisotopic (exact) mass is 414 g/mol. The van der Waals surface area contributed by atoms with Crippen molar-refractivity contribution < 1.29 is 29.3 Å². The minimum atomic E-state index is -1.31. The first-order valence-electron chi connectivity index (χ1n) is 8.77. The van der Waals surface area contributed by atoms with Gasteiger partial charge in [0.05, 0.1) is 24.5 Å². The summed E-state index contributed by atoms with van der Waals surface area (Å²) in [5.41, 5.74) is 0.847. The highest BCUT2D eigenvalue weighted by molar-refractivity contribution is 7.13. The van der Waals surface area contributed by atoms with Gasteiger partial charge in [0.25, 0.3) is 0 Å². The van der Waals surface area contributed by atoms with Crippen molar-refractivity contribution in [2.24, 2.45) is 0 Å². The first-order chi connectivity index (χ1) is 13.9. The van der Waals surface area contributed by atoms with Gasteiger partial charge < -0.3 is 19.7 Å². The fraction of sp³-hybridized carbons (Fsp3) is 0.200. The molecule has 0 aliphatic heterocycles. The molecule has 0 saturated heterocycles. The summed E-state index contributed by atoms with van der Waals surface area (Å²) in [6.45, 7) is 4.76. The first-order valence-corrected chi connectivity index (χ1v) is 9.65. The molecule has 0 fully saturated rings. The summed E-state index contributed by atoms with van der Waals surface area (Å²) in [5.74, 6) is -1.31. The third-order valence-electron chi connectivity index (χ3n) is 3.85. The van der Waals surface area contributed by atoms with E-state index in [0.29, 0.717) is 35.4 Å². The number of carboxylic acids is 2. The Balaban J connectivity index is 2.00. The van der Waals surface area contributed by atoms with Crippen LogP contribution < -0.4 is 9.47 Å². The molecular formula is C20H18N2O6S. The van der Waals surface area contributed by atoms with Crippen LogP contribution in [0.5, 0.6) is 11.5 Å². The minimum Gasteiger partial charge on any atom is -0.490 e. The second-order valence-electron chi connectivity index (χ2n) is 5.80. The van der Waals surface area contributed by atoms with E-state index in [0.717, 1.165) is 11.6 Å². The van der Waals surface area contributed by atoms with Gasteiger partial charge in [-0.2, -0.15) is 0 Å². The van der Waals surface area contributed by atoms with Gasteiger partial charge in [0.2, 0.25) is 0 Å². The van der Waals surface area contributed by atoms with Crippen molar-refractivity contribution in [2.75, 3.05) is 13.2 Å². The Morgan fingerprint density at radius 2 is 1.66 bits per heavy atom. The van der Waals surface area contributed by atoms with Crippen molar-refractivity contribution in [1.29, 1.82) is 0 Å². The molecular weight excluding hydrogens is 396 g/mol. The molecule has 3 aromatic rings. The summed E-state index contributed by atoms with van der Waals surface area (Å²) in [6, 6.07) is 7.79. The number of rotatable bonds is 8. The van der Waals surface area contributed by atoms with Gasteiger partial charge in [0.1, 0.15) is 16.4 Å². The maximum atomic E-state index is 11.3. The van der Waals surface area contributed by atoms with Gasteiger partial charge >= 0.3 is 11.9 Å². The van der Waals surface area contributed by atoms with E-state index in [1.807, 2.05) is 26.0 Å². The quantitative estimate of drug-likeness (QED) is 0.566. The maximum absolute atomic E-state index is 11.3. The topological polar surface area (TPSA) is 119 Å². The van der Waals surface area contributed by atoms with E-state index in [1.54, 1.807) is 11.4 Å². The molecule has 9 heteroatoms. The van der Waals surface area contributed by atoms with E-state index >= 15 is 0 Å². The Bertz CT molecular complexity index is 1030. The largest absolute Gasteiger partial charge is 0.490 e. The van der Waals surface area contributed by atoms with Crippen LogP contribution in [0.4, 0.5) is 0 Å². The Morgan fingerprint density at radius 3 is 2.31 bits per heavy atom. The predicted octanol–water partition coefficient (Wildman–Crippen LogP) is 4.07. The Hall–Kier alpha value is -3.46. The molecule has 0 atom stereocenters. The Kier molecular flexibility index (Phi) is 6.08. The maximum Gasteiger partial charge on any atom is 0.354 e. The third-order valence-corrected chi connectivity index (χ3v) is 4.74. The predicted molar refractivity (Wildman–Crippen MR) is 107 cm³/mol. The standard InChI is InChI=1S/C20H18N2O6S/c1-3-27-16-6-5-11(9-17(16)28-4-2)18-22-15(10-29-18)13-7-12(19(23)24)8-14(21-13)20(25)26/h5-10H,3-4H2,1-2H3,(H,23,24)(H,25,26). The van der Waals surface area contributed by atoms with E-state index in [1.165, 1.54) is 17.4 Å². The molecule has 0 radical (unpaired) electrons. The van der Waals surface area contributed by atoms with Crippen molar-refractivity contribution in [2.45, 2.75) is 13.8 Å². The normalized spacial score (nSPS) is 10.6. The van der Waals surface area contributed by atoms with Crippen molar-refractivity contribution in [3.63, 3.8) is 0 Å². The second-order valence-corrected chi connectivity index (χ2v) is 6.66. The number of carboxylic acid groups (broad SMARTS) is 2. The van der Waals surface area contributed by atoms with Crippen molar-refractivity contribution in [1.82, 2.24) is 9.97 Å². The van der Waals surface area contributed by atoms with Gasteiger partial charge in [0.15, 0.2) is 11.5 Å². The van der Waals surface area contributed by atoms with E-state index in [4.69, 9.17) is 9.47 Å². The zero-order chi connectivity index (χ0) is 21.0. The molecule has 0 saturated carbocycles. The highest BCUT2D eigenvalue weighted by Gasteiger charge is 2.17. The van der Waals surface area contributed by atoms with Gasteiger partial charge in [-0.15, -0.1) is 11.3 Å². The van der Waals surface area contributed by atoms with E-state index in [2.05, 4.69) is 9.97 Å². The van der Waals surface area contributed by atoms with Crippen molar-refractivity contribution in [3.8, 4) is 33.5 Å². The fourth-order valence-electron chi connectivity index (χ4n) is 2.60. The second kappa shape index (κ2) is 8.70. The lowest BCUT2D eigenvalue weighted by molar-refractivity contribution is 0.0690. The number of aromatic nitrogens is 2. The van der Waals surface area contributed by atoms with Crippen LogP contribution >= 0.6 is 11.3 Å². The average Bonchev–Trinajstić information content (AvgIpc) is 3.19. The zero-order valence-corrected chi connectivity index (χ0v) is 16.5. The number of carbonyl (C=O) groups is 2. The highest BCUT2D eigenvalue weighted by Crippen LogP contribution is 2.35. The molecule has 150 valence electrons. The summed E-state index contributed by atoms with van der Waals surface area (Å²) in [5, 5.41) is 20.8.